The summed E-state index contributed by atoms with van der Waals surface area (Å²) in [4.78, 5) is 21.9. The fourth-order valence-corrected chi connectivity index (χ4v) is 2.41. The van der Waals surface area contributed by atoms with E-state index >= 15 is 0 Å². The molecule has 108 valence electrons. The van der Waals surface area contributed by atoms with E-state index in [1.165, 1.54) is 5.56 Å². The lowest BCUT2D eigenvalue weighted by Crippen LogP contribution is -2.47. The molecule has 0 spiro atoms. The Kier molecular flexibility index (Phi) is 4.98. The first-order valence-corrected chi connectivity index (χ1v) is 6.96. The minimum atomic E-state index is -0.836. The Labute approximate surface area is 118 Å². The fraction of sp³-hybridized carbons (Fsp3) is 0.467. The molecule has 1 aliphatic rings. The molecule has 0 atom stereocenters. The average molecular weight is 276 g/mol. The predicted octanol–water partition coefficient (Wildman–Crippen LogP) is 2.10. The van der Waals surface area contributed by atoms with Crippen LogP contribution in [0.2, 0.25) is 0 Å². The Balaban J connectivity index is 1.60. The Morgan fingerprint density at radius 1 is 1.20 bits per heavy atom. The first kappa shape index (κ1) is 14.4. The molecular weight excluding hydrogens is 256 g/mol. The van der Waals surface area contributed by atoms with Crippen molar-refractivity contribution in [3.63, 3.8) is 0 Å². The number of carbonyl (C=O) groups excluding carboxylic acids is 1. The maximum absolute atomic E-state index is 11.6. The van der Waals surface area contributed by atoms with Crippen LogP contribution in [-0.2, 0) is 4.79 Å². The summed E-state index contributed by atoms with van der Waals surface area (Å²) >= 11 is 0. The SMILES string of the molecule is O=C(O)CCCNC(=O)NC1CC(c2ccccc2)C1. The maximum atomic E-state index is 11.6. The number of nitrogens with one attached hydrogen (secondary N) is 2. The Bertz CT molecular complexity index is 455. The van der Waals surface area contributed by atoms with Gasteiger partial charge in [0, 0.05) is 19.0 Å². The van der Waals surface area contributed by atoms with E-state index in [9.17, 15) is 9.59 Å². The standard InChI is InChI=1S/C15H20N2O3/c18-14(19)7-4-8-16-15(20)17-13-9-12(10-13)11-5-2-1-3-6-11/h1-3,5-6,12-13H,4,7-10H2,(H,18,19)(H2,16,17,20). The number of hydrogen-bond donors (Lipinski definition) is 3. The number of urea groups is 1. The summed E-state index contributed by atoms with van der Waals surface area (Å²) in [6.07, 6.45) is 2.47. The van der Waals surface area contributed by atoms with Crippen molar-refractivity contribution in [3.8, 4) is 0 Å². The smallest absolute Gasteiger partial charge is 0.315 e. The van der Waals surface area contributed by atoms with Crippen molar-refractivity contribution >= 4 is 12.0 Å². The molecule has 5 heteroatoms. The molecule has 0 heterocycles. The van der Waals surface area contributed by atoms with Crippen LogP contribution in [0.1, 0.15) is 37.2 Å². The summed E-state index contributed by atoms with van der Waals surface area (Å²) < 4.78 is 0. The first-order valence-electron chi connectivity index (χ1n) is 6.96. The second-order valence-electron chi connectivity index (χ2n) is 5.17. The number of rotatable bonds is 6. The minimum Gasteiger partial charge on any atom is -0.481 e. The summed E-state index contributed by atoms with van der Waals surface area (Å²) in [6, 6.07) is 10.3. The quantitative estimate of drug-likeness (QED) is 0.696. The van der Waals surface area contributed by atoms with E-state index in [1.54, 1.807) is 0 Å². The number of carboxylic acids is 1. The molecule has 1 aliphatic carbocycles. The van der Waals surface area contributed by atoms with Gasteiger partial charge in [-0.25, -0.2) is 4.79 Å². The fourth-order valence-electron chi connectivity index (χ4n) is 2.41. The van der Waals surface area contributed by atoms with Gasteiger partial charge in [-0.1, -0.05) is 30.3 Å². The molecule has 1 aromatic carbocycles. The number of benzene rings is 1. The van der Waals surface area contributed by atoms with Gasteiger partial charge in [0.1, 0.15) is 0 Å². The van der Waals surface area contributed by atoms with Crippen LogP contribution in [0.3, 0.4) is 0 Å². The van der Waals surface area contributed by atoms with Crippen LogP contribution in [0.5, 0.6) is 0 Å². The molecule has 0 bridgehead atoms. The molecule has 3 N–H and O–H groups in total. The van der Waals surface area contributed by atoms with Crippen LogP contribution < -0.4 is 10.6 Å². The molecule has 1 aromatic rings. The summed E-state index contributed by atoms with van der Waals surface area (Å²) in [7, 11) is 0. The van der Waals surface area contributed by atoms with Crippen LogP contribution in [-0.4, -0.2) is 29.7 Å². The van der Waals surface area contributed by atoms with E-state index < -0.39 is 5.97 Å². The molecule has 1 fully saturated rings. The normalized spacial score (nSPS) is 20.8. The Morgan fingerprint density at radius 2 is 1.90 bits per heavy atom. The number of aliphatic carboxylic acids is 1. The lowest BCUT2D eigenvalue weighted by Gasteiger charge is -2.36. The van der Waals surface area contributed by atoms with Crippen molar-refractivity contribution in [3.05, 3.63) is 35.9 Å². The highest BCUT2D eigenvalue weighted by atomic mass is 16.4. The number of hydrogen-bond acceptors (Lipinski definition) is 2. The second-order valence-corrected chi connectivity index (χ2v) is 5.17. The van der Waals surface area contributed by atoms with Crippen molar-refractivity contribution in [2.75, 3.05) is 6.54 Å². The Morgan fingerprint density at radius 3 is 2.55 bits per heavy atom. The van der Waals surface area contributed by atoms with Gasteiger partial charge in [-0.05, 0) is 30.7 Å². The second kappa shape index (κ2) is 6.93. The molecule has 5 nitrogen and oxygen atoms in total. The van der Waals surface area contributed by atoms with Crippen molar-refractivity contribution in [2.45, 2.75) is 37.6 Å². The molecule has 0 radical (unpaired) electrons. The third kappa shape index (κ3) is 4.26. The van der Waals surface area contributed by atoms with Gasteiger partial charge < -0.3 is 15.7 Å². The molecular formula is C15H20N2O3. The van der Waals surface area contributed by atoms with Crippen LogP contribution in [0.25, 0.3) is 0 Å². The van der Waals surface area contributed by atoms with Gasteiger partial charge in [0.25, 0.3) is 0 Å². The van der Waals surface area contributed by atoms with Crippen molar-refractivity contribution in [1.29, 1.82) is 0 Å². The van der Waals surface area contributed by atoms with Crippen LogP contribution in [0.4, 0.5) is 4.79 Å². The van der Waals surface area contributed by atoms with Crippen molar-refractivity contribution in [1.82, 2.24) is 10.6 Å². The highest BCUT2D eigenvalue weighted by Crippen LogP contribution is 2.36. The lowest BCUT2D eigenvalue weighted by atomic mass is 9.76. The molecule has 2 amide bonds. The summed E-state index contributed by atoms with van der Waals surface area (Å²) in [5.41, 5.74) is 1.33. The van der Waals surface area contributed by atoms with Gasteiger partial charge in [0.15, 0.2) is 0 Å². The molecule has 2 rings (SSSR count). The third-order valence-electron chi connectivity index (χ3n) is 3.60. The van der Waals surface area contributed by atoms with Gasteiger partial charge in [-0.3, -0.25) is 4.79 Å². The summed E-state index contributed by atoms with van der Waals surface area (Å²) in [5, 5.41) is 14.1. The molecule has 0 unspecified atom stereocenters. The zero-order valence-corrected chi connectivity index (χ0v) is 11.3. The van der Waals surface area contributed by atoms with Crippen molar-refractivity contribution in [2.24, 2.45) is 0 Å². The molecule has 20 heavy (non-hydrogen) atoms. The number of carbonyl (C=O) groups is 2. The number of amides is 2. The third-order valence-corrected chi connectivity index (χ3v) is 3.60. The van der Waals surface area contributed by atoms with Crippen molar-refractivity contribution < 1.29 is 14.7 Å². The Hall–Kier alpha value is -2.04. The van der Waals surface area contributed by atoms with Gasteiger partial charge in [-0.15, -0.1) is 0 Å². The molecule has 0 saturated heterocycles. The maximum Gasteiger partial charge on any atom is 0.315 e. The molecule has 1 saturated carbocycles. The van der Waals surface area contributed by atoms with Gasteiger partial charge in [0.05, 0.1) is 0 Å². The zero-order valence-electron chi connectivity index (χ0n) is 11.3. The van der Waals surface area contributed by atoms with E-state index in [0.29, 0.717) is 18.9 Å². The topological polar surface area (TPSA) is 78.4 Å². The van der Waals surface area contributed by atoms with E-state index in [1.807, 2.05) is 18.2 Å². The summed E-state index contributed by atoms with van der Waals surface area (Å²) in [5.74, 6) is -0.301. The van der Waals surface area contributed by atoms with E-state index in [0.717, 1.165) is 12.8 Å². The largest absolute Gasteiger partial charge is 0.481 e. The zero-order chi connectivity index (χ0) is 14.4. The van der Waals surface area contributed by atoms with Gasteiger partial charge in [-0.2, -0.15) is 0 Å². The molecule has 0 aromatic heterocycles. The highest BCUT2D eigenvalue weighted by molar-refractivity contribution is 5.74. The van der Waals surface area contributed by atoms with Gasteiger partial charge >= 0.3 is 12.0 Å². The average Bonchev–Trinajstić information content (AvgIpc) is 2.39. The summed E-state index contributed by atoms with van der Waals surface area (Å²) in [6.45, 7) is 0.396. The van der Waals surface area contributed by atoms with Crippen LogP contribution in [0.15, 0.2) is 30.3 Å². The van der Waals surface area contributed by atoms with E-state index in [-0.39, 0.29) is 18.5 Å². The van der Waals surface area contributed by atoms with Crippen LogP contribution >= 0.6 is 0 Å². The lowest BCUT2D eigenvalue weighted by molar-refractivity contribution is -0.137. The first-order chi connectivity index (χ1) is 9.65. The minimum absolute atomic E-state index is 0.0831. The highest BCUT2D eigenvalue weighted by Gasteiger charge is 2.30. The van der Waals surface area contributed by atoms with Crippen LogP contribution in [0, 0.1) is 0 Å². The van der Waals surface area contributed by atoms with Gasteiger partial charge in [0.2, 0.25) is 0 Å². The monoisotopic (exact) mass is 276 g/mol. The van der Waals surface area contributed by atoms with E-state index in [4.69, 9.17) is 5.11 Å². The molecule has 0 aliphatic heterocycles. The predicted molar refractivity (Wildman–Crippen MR) is 75.6 cm³/mol. The van der Waals surface area contributed by atoms with E-state index in [2.05, 4.69) is 22.8 Å². The number of carboxylic acid groups (broad SMARTS) is 1.